The van der Waals surface area contributed by atoms with Gasteiger partial charge in [0, 0.05) is 30.1 Å². The molecule has 21 heavy (non-hydrogen) atoms. The maximum absolute atomic E-state index is 11.2. The third-order valence-corrected chi connectivity index (χ3v) is 3.09. The molecule has 0 aliphatic rings. The van der Waals surface area contributed by atoms with Gasteiger partial charge in [0.05, 0.1) is 7.11 Å². The lowest BCUT2D eigenvalue weighted by Crippen LogP contribution is -1.99. The summed E-state index contributed by atoms with van der Waals surface area (Å²) in [5, 5.41) is 0. The fourth-order valence-corrected chi connectivity index (χ4v) is 2.07. The molecule has 0 radical (unpaired) electrons. The second-order valence-electron chi connectivity index (χ2n) is 4.60. The summed E-state index contributed by atoms with van der Waals surface area (Å²) in [5.41, 5.74) is 9.57. The number of nitrogen functional groups attached to an aromatic ring is 1. The lowest BCUT2D eigenvalue weighted by atomic mass is 9.97. The van der Waals surface area contributed by atoms with Crippen LogP contribution in [0.1, 0.15) is 24.0 Å². The topological polar surface area (TPSA) is 65.2 Å². The highest BCUT2D eigenvalue weighted by Crippen LogP contribution is 2.25. The number of nitrogens with zero attached hydrogens (tertiary/aromatic N) is 1. The van der Waals surface area contributed by atoms with E-state index in [-0.39, 0.29) is 5.97 Å². The monoisotopic (exact) mass is 282 g/mol. The number of aromatic nitrogens is 1. The second-order valence-corrected chi connectivity index (χ2v) is 4.60. The number of benzene rings is 1. The molecule has 1 aromatic heterocycles. The zero-order valence-corrected chi connectivity index (χ0v) is 12.0. The number of pyridine rings is 1. The van der Waals surface area contributed by atoms with Crippen molar-refractivity contribution in [2.75, 3.05) is 12.8 Å². The first kappa shape index (κ1) is 14.8. The minimum atomic E-state index is -0.218. The number of methoxy groups -OCH3 is 1. The summed E-state index contributed by atoms with van der Waals surface area (Å²) in [6, 6.07) is 11.5. The Morgan fingerprint density at radius 2 is 2.10 bits per heavy atom. The van der Waals surface area contributed by atoms with E-state index in [1.165, 1.54) is 7.11 Å². The van der Waals surface area contributed by atoms with E-state index in [1.807, 2.05) is 42.5 Å². The van der Waals surface area contributed by atoms with Crippen LogP contribution < -0.4 is 5.73 Å². The van der Waals surface area contributed by atoms with Crippen molar-refractivity contribution in [1.29, 1.82) is 0 Å². The molecule has 0 unspecified atom stereocenters. The van der Waals surface area contributed by atoms with Gasteiger partial charge in [-0.15, -0.1) is 0 Å². The molecule has 2 rings (SSSR count). The summed E-state index contributed by atoms with van der Waals surface area (Å²) < 4.78 is 4.66. The molecule has 1 aromatic carbocycles. The number of ether oxygens (including phenoxy) is 1. The van der Waals surface area contributed by atoms with Gasteiger partial charge in [-0.25, -0.2) is 0 Å². The normalized spacial score (nSPS) is 11.2. The first-order valence-corrected chi connectivity index (χ1v) is 6.74. The highest BCUT2D eigenvalue weighted by Gasteiger charge is 2.06. The molecular formula is C17H18N2O2. The number of rotatable bonds is 5. The van der Waals surface area contributed by atoms with Gasteiger partial charge in [-0.05, 0) is 35.8 Å². The molecule has 0 atom stereocenters. The number of carbonyl (C=O) groups is 1. The summed E-state index contributed by atoms with van der Waals surface area (Å²) in [7, 11) is 1.39. The Morgan fingerprint density at radius 3 is 2.76 bits per heavy atom. The molecule has 108 valence electrons. The standard InChI is InChI=1S/C17H18N2O2/c1-21-17(20)9-3-8-16(14-6-4-10-19-12-14)13-5-2-7-15(18)11-13/h2,4-8,10-12H,3,9,18H2,1H3/b16-8-. The minimum Gasteiger partial charge on any atom is -0.469 e. The van der Waals surface area contributed by atoms with Gasteiger partial charge in [-0.3, -0.25) is 9.78 Å². The van der Waals surface area contributed by atoms with E-state index in [0.29, 0.717) is 18.5 Å². The number of hydrogen-bond acceptors (Lipinski definition) is 4. The highest BCUT2D eigenvalue weighted by molar-refractivity contribution is 5.81. The molecule has 0 amide bonds. The Balaban J connectivity index is 2.31. The van der Waals surface area contributed by atoms with Crippen molar-refractivity contribution in [1.82, 2.24) is 4.98 Å². The zero-order chi connectivity index (χ0) is 15.1. The van der Waals surface area contributed by atoms with Crippen LogP contribution in [0.2, 0.25) is 0 Å². The summed E-state index contributed by atoms with van der Waals surface area (Å²) in [6.07, 6.45) is 6.50. The fraction of sp³-hybridized carbons (Fsp3) is 0.176. The number of hydrogen-bond donors (Lipinski definition) is 1. The number of esters is 1. The van der Waals surface area contributed by atoms with Crippen molar-refractivity contribution in [3.8, 4) is 0 Å². The fourth-order valence-electron chi connectivity index (χ4n) is 2.07. The van der Waals surface area contributed by atoms with E-state index in [0.717, 1.165) is 16.7 Å². The SMILES string of the molecule is COC(=O)CC/C=C(\c1cccnc1)c1cccc(N)c1. The van der Waals surface area contributed by atoms with Crippen molar-refractivity contribution in [2.45, 2.75) is 12.8 Å². The molecule has 0 fully saturated rings. The molecular weight excluding hydrogens is 264 g/mol. The van der Waals surface area contributed by atoms with Gasteiger partial charge >= 0.3 is 5.97 Å². The smallest absolute Gasteiger partial charge is 0.305 e. The van der Waals surface area contributed by atoms with Crippen LogP contribution >= 0.6 is 0 Å². The van der Waals surface area contributed by atoms with Crippen LogP contribution in [-0.4, -0.2) is 18.1 Å². The Morgan fingerprint density at radius 1 is 1.29 bits per heavy atom. The summed E-state index contributed by atoms with van der Waals surface area (Å²) >= 11 is 0. The van der Waals surface area contributed by atoms with E-state index in [2.05, 4.69) is 9.72 Å². The predicted molar refractivity (Wildman–Crippen MR) is 83.4 cm³/mol. The lowest BCUT2D eigenvalue weighted by molar-refractivity contribution is -0.140. The number of nitrogens with two attached hydrogens (primary N) is 1. The van der Waals surface area contributed by atoms with Crippen molar-refractivity contribution in [3.05, 3.63) is 66.0 Å². The Bertz CT molecular complexity index is 636. The average Bonchev–Trinajstić information content (AvgIpc) is 2.52. The number of carbonyl (C=O) groups excluding carboxylic acids is 1. The highest BCUT2D eigenvalue weighted by atomic mass is 16.5. The minimum absolute atomic E-state index is 0.218. The van der Waals surface area contributed by atoms with Gasteiger partial charge in [-0.2, -0.15) is 0 Å². The molecule has 2 aromatic rings. The second kappa shape index (κ2) is 7.24. The third-order valence-electron chi connectivity index (χ3n) is 3.09. The third kappa shape index (κ3) is 4.18. The summed E-state index contributed by atoms with van der Waals surface area (Å²) in [6.45, 7) is 0. The van der Waals surface area contributed by atoms with Crippen molar-refractivity contribution >= 4 is 17.2 Å². The molecule has 4 nitrogen and oxygen atoms in total. The van der Waals surface area contributed by atoms with Crippen LogP contribution in [0.25, 0.3) is 5.57 Å². The Hall–Kier alpha value is -2.62. The molecule has 0 bridgehead atoms. The first-order chi connectivity index (χ1) is 10.2. The van der Waals surface area contributed by atoms with Crippen LogP contribution in [0.15, 0.2) is 54.9 Å². The molecule has 2 N–H and O–H groups in total. The maximum Gasteiger partial charge on any atom is 0.305 e. The number of anilines is 1. The van der Waals surface area contributed by atoms with Crippen LogP contribution in [-0.2, 0) is 9.53 Å². The van der Waals surface area contributed by atoms with Crippen molar-refractivity contribution < 1.29 is 9.53 Å². The molecule has 0 spiro atoms. The molecule has 0 saturated heterocycles. The molecule has 4 heteroatoms. The summed E-state index contributed by atoms with van der Waals surface area (Å²) in [5.74, 6) is -0.218. The van der Waals surface area contributed by atoms with Gasteiger partial charge in [0.25, 0.3) is 0 Å². The van der Waals surface area contributed by atoms with E-state index in [4.69, 9.17) is 5.73 Å². The van der Waals surface area contributed by atoms with Crippen LogP contribution in [0.4, 0.5) is 5.69 Å². The van der Waals surface area contributed by atoms with E-state index in [1.54, 1.807) is 12.4 Å². The quantitative estimate of drug-likeness (QED) is 0.676. The van der Waals surface area contributed by atoms with E-state index < -0.39 is 0 Å². The van der Waals surface area contributed by atoms with Gasteiger partial charge in [0.2, 0.25) is 0 Å². The Labute approximate surface area is 124 Å². The predicted octanol–water partition coefficient (Wildman–Crippen LogP) is 3.05. The van der Waals surface area contributed by atoms with Crippen LogP contribution in [0.3, 0.4) is 0 Å². The van der Waals surface area contributed by atoms with E-state index in [9.17, 15) is 4.79 Å². The maximum atomic E-state index is 11.2. The van der Waals surface area contributed by atoms with Gasteiger partial charge in [0.15, 0.2) is 0 Å². The molecule has 1 heterocycles. The van der Waals surface area contributed by atoms with Crippen LogP contribution in [0, 0.1) is 0 Å². The van der Waals surface area contributed by atoms with Gasteiger partial charge in [0.1, 0.15) is 0 Å². The van der Waals surface area contributed by atoms with Crippen molar-refractivity contribution in [2.24, 2.45) is 0 Å². The zero-order valence-electron chi connectivity index (χ0n) is 12.0. The van der Waals surface area contributed by atoms with Gasteiger partial charge in [-0.1, -0.05) is 24.3 Å². The summed E-state index contributed by atoms with van der Waals surface area (Å²) in [4.78, 5) is 15.4. The number of allylic oxidation sites excluding steroid dienone is 1. The van der Waals surface area contributed by atoms with Gasteiger partial charge < -0.3 is 10.5 Å². The lowest BCUT2D eigenvalue weighted by Gasteiger charge is -2.09. The molecule has 0 aliphatic heterocycles. The van der Waals surface area contributed by atoms with E-state index >= 15 is 0 Å². The Kier molecular flexibility index (Phi) is 5.10. The molecule has 0 saturated carbocycles. The van der Waals surface area contributed by atoms with Crippen LogP contribution in [0.5, 0.6) is 0 Å². The first-order valence-electron chi connectivity index (χ1n) is 6.74. The largest absolute Gasteiger partial charge is 0.469 e. The average molecular weight is 282 g/mol. The van der Waals surface area contributed by atoms with Crippen molar-refractivity contribution in [3.63, 3.8) is 0 Å². The molecule has 0 aliphatic carbocycles.